The van der Waals surface area contributed by atoms with Crippen molar-refractivity contribution < 1.29 is 38.0 Å². The van der Waals surface area contributed by atoms with Crippen LogP contribution in [0.15, 0.2) is 135 Å². The van der Waals surface area contributed by atoms with Gasteiger partial charge in [0.1, 0.15) is 17.2 Å². The molecule has 274 valence electrons. The molecule has 13 nitrogen and oxygen atoms in total. The van der Waals surface area contributed by atoms with Gasteiger partial charge >= 0.3 is 11.9 Å². The highest BCUT2D eigenvalue weighted by Crippen LogP contribution is 2.33. The van der Waals surface area contributed by atoms with Gasteiger partial charge in [-0.2, -0.15) is 25.6 Å². The Morgan fingerprint density at radius 1 is 0.623 bits per heavy atom. The van der Waals surface area contributed by atoms with Gasteiger partial charge in [-0.05, 0) is 105 Å². The van der Waals surface area contributed by atoms with Crippen LogP contribution >= 0.6 is 0 Å². The van der Waals surface area contributed by atoms with Crippen LogP contribution < -0.4 is 9.47 Å². The summed E-state index contributed by atoms with van der Waals surface area (Å²) in [7, 11) is 0. The van der Waals surface area contributed by atoms with Gasteiger partial charge in [-0.25, -0.2) is 14.0 Å². The molecule has 0 heterocycles. The molecule has 0 radical (unpaired) electrons. The molecule has 0 fully saturated rings. The molecular formula is C39H39FN6O7. The minimum absolute atomic E-state index is 0.0799. The summed E-state index contributed by atoms with van der Waals surface area (Å²) in [6.07, 6.45) is 4.70. The number of carbonyl (C=O) groups is 2. The van der Waals surface area contributed by atoms with Gasteiger partial charge in [0.05, 0.1) is 54.9 Å². The molecule has 0 aliphatic heterocycles. The number of esters is 2. The number of nitrogens with zero attached hydrogens (tertiary/aromatic N) is 6. The number of benzene rings is 4. The molecule has 0 unspecified atom stereocenters. The van der Waals surface area contributed by atoms with Crippen LogP contribution in [0.3, 0.4) is 0 Å². The largest absolute Gasteiger partial charge is 0.505 e. The molecule has 0 saturated heterocycles. The molecule has 0 amide bonds. The number of halogens is 1. The minimum atomic E-state index is -0.561. The number of carbonyl (C=O) groups excluding carboxylic acids is 2. The van der Waals surface area contributed by atoms with E-state index in [1.807, 2.05) is 6.92 Å². The van der Waals surface area contributed by atoms with Crippen LogP contribution in [0.5, 0.6) is 17.2 Å². The van der Waals surface area contributed by atoms with Gasteiger partial charge in [-0.3, -0.25) is 0 Å². The van der Waals surface area contributed by atoms with Crippen molar-refractivity contribution in [2.24, 2.45) is 30.7 Å². The summed E-state index contributed by atoms with van der Waals surface area (Å²) >= 11 is 0. The number of aryl methyl sites for hydroxylation is 1. The van der Waals surface area contributed by atoms with Crippen molar-refractivity contribution in [1.29, 1.82) is 0 Å². The lowest BCUT2D eigenvalue weighted by molar-refractivity contribution is -0.138. The van der Waals surface area contributed by atoms with E-state index in [0.29, 0.717) is 66.5 Å². The normalized spacial score (nSPS) is 11.2. The van der Waals surface area contributed by atoms with Crippen LogP contribution in [0.4, 0.5) is 38.5 Å². The third-order valence-electron chi connectivity index (χ3n) is 7.15. The number of azo groups is 3. The Bertz CT molecular complexity index is 1960. The summed E-state index contributed by atoms with van der Waals surface area (Å²) in [4.78, 5) is 22.1. The van der Waals surface area contributed by atoms with E-state index in [4.69, 9.17) is 18.9 Å². The van der Waals surface area contributed by atoms with E-state index in [1.165, 1.54) is 18.2 Å². The standard InChI is InChI=1S/C39H39FN6O7/c1-4-38(48)52-22-8-6-20-50-32-16-18-35(36(47)26-32)46-42-29-12-10-28(11-13-29)41-45-34-17-14-30(24-27(34)3)43-44-31-15-19-37(33(40)25-31)51-21-7-9-23-53-39(49)5-2/h4-5,10-19,24-26,47H,1-2,6-9,20-23H2,3H3. The van der Waals surface area contributed by atoms with Crippen molar-refractivity contribution >= 4 is 46.1 Å². The highest BCUT2D eigenvalue weighted by molar-refractivity contribution is 5.81. The van der Waals surface area contributed by atoms with Crippen molar-refractivity contribution in [3.05, 3.63) is 116 Å². The van der Waals surface area contributed by atoms with Gasteiger partial charge < -0.3 is 24.1 Å². The molecule has 0 atom stereocenters. The van der Waals surface area contributed by atoms with Gasteiger partial charge in [0.2, 0.25) is 0 Å². The first-order valence-electron chi connectivity index (χ1n) is 16.7. The van der Waals surface area contributed by atoms with Crippen molar-refractivity contribution in [2.75, 3.05) is 26.4 Å². The topological polar surface area (TPSA) is 165 Å². The fourth-order valence-corrected chi connectivity index (χ4v) is 4.33. The molecule has 14 heteroatoms. The summed E-state index contributed by atoms with van der Waals surface area (Å²) < 4.78 is 35.4. The minimum Gasteiger partial charge on any atom is -0.505 e. The number of aromatic hydroxyl groups is 1. The maximum Gasteiger partial charge on any atom is 0.330 e. The summed E-state index contributed by atoms with van der Waals surface area (Å²) in [6, 6.07) is 21.3. The van der Waals surface area contributed by atoms with E-state index in [9.17, 15) is 19.1 Å². The Balaban J connectivity index is 1.23. The molecule has 1 N–H and O–H groups in total. The second-order valence-corrected chi connectivity index (χ2v) is 11.2. The van der Waals surface area contributed by atoms with Crippen LogP contribution in [0.25, 0.3) is 0 Å². The van der Waals surface area contributed by atoms with E-state index >= 15 is 0 Å². The number of rotatable bonds is 20. The van der Waals surface area contributed by atoms with Crippen molar-refractivity contribution in [2.45, 2.75) is 32.6 Å². The van der Waals surface area contributed by atoms with E-state index < -0.39 is 17.8 Å². The smallest absolute Gasteiger partial charge is 0.330 e. The Morgan fingerprint density at radius 2 is 1.11 bits per heavy atom. The van der Waals surface area contributed by atoms with Crippen LogP contribution in [-0.2, 0) is 19.1 Å². The van der Waals surface area contributed by atoms with Crippen LogP contribution in [0.1, 0.15) is 31.2 Å². The van der Waals surface area contributed by atoms with E-state index in [-0.39, 0.29) is 37.0 Å². The second-order valence-electron chi connectivity index (χ2n) is 11.2. The Hall–Kier alpha value is -6.57. The molecule has 0 aliphatic carbocycles. The van der Waals surface area contributed by atoms with Crippen molar-refractivity contribution in [3.63, 3.8) is 0 Å². The maximum absolute atomic E-state index is 14.5. The predicted octanol–water partition coefficient (Wildman–Crippen LogP) is 10.9. The summed E-state index contributed by atoms with van der Waals surface area (Å²) in [5.41, 5.74) is 3.76. The third-order valence-corrected chi connectivity index (χ3v) is 7.15. The SMILES string of the molecule is C=CC(=O)OCCCCOc1ccc(N=Nc2ccc(N=Nc3ccc(N=Nc4ccc(OCCCCOC(=O)C=C)c(F)c4)cc3C)cc2)c(O)c1. The second kappa shape index (κ2) is 20.9. The molecule has 0 bridgehead atoms. The average Bonchev–Trinajstić information content (AvgIpc) is 3.16. The van der Waals surface area contributed by atoms with Gasteiger partial charge in [0, 0.05) is 24.3 Å². The molecule has 0 aromatic heterocycles. The van der Waals surface area contributed by atoms with Gasteiger partial charge in [0.15, 0.2) is 11.6 Å². The number of unbranched alkanes of at least 4 members (excludes halogenated alkanes) is 2. The van der Waals surface area contributed by atoms with Crippen molar-refractivity contribution in [1.82, 2.24) is 0 Å². The number of ether oxygens (including phenoxy) is 4. The number of hydrogen-bond donors (Lipinski definition) is 1. The Labute approximate surface area is 306 Å². The molecule has 4 rings (SSSR count). The Morgan fingerprint density at radius 3 is 1.68 bits per heavy atom. The highest BCUT2D eigenvalue weighted by atomic mass is 19.1. The third kappa shape index (κ3) is 13.6. The summed E-state index contributed by atoms with van der Waals surface area (Å²) in [5, 5.41) is 35.7. The fourth-order valence-electron chi connectivity index (χ4n) is 4.33. The number of phenols is 1. The molecule has 4 aromatic rings. The molecule has 0 saturated carbocycles. The molecule has 0 aliphatic rings. The first-order valence-corrected chi connectivity index (χ1v) is 16.7. The Kier molecular flexibility index (Phi) is 15.5. The summed E-state index contributed by atoms with van der Waals surface area (Å²) in [5.74, 6) is -0.997. The molecular weight excluding hydrogens is 683 g/mol. The van der Waals surface area contributed by atoms with Crippen molar-refractivity contribution in [3.8, 4) is 17.2 Å². The van der Waals surface area contributed by atoms with Crippen LogP contribution in [0.2, 0.25) is 0 Å². The van der Waals surface area contributed by atoms with Crippen LogP contribution in [-0.4, -0.2) is 43.5 Å². The number of phenolic OH excluding ortho intramolecular Hbond substituents is 1. The quantitative estimate of drug-likeness (QED) is 0.0410. The van der Waals surface area contributed by atoms with Gasteiger partial charge in [-0.15, -0.1) is 5.11 Å². The first-order chi connectivity index (χ1) is 25.7. The van der Waals surface area contributed by atoms with E-state index in [2.05, 4.69) is 43.8 Å². The monoisotopic (exact) mass is 722 g/mol. The zero-order valence-electron chi connectivity index (χ0n) is 29.2. The predicted molar refractivity (Wildman–Crippen MR) is 196 cm³/mol. The van der Waals surface area contributed by atoms with Gasteiger partial charge in [0.25, 0.3) is 0 Å². The zero-order valence-corrected chi connectivity index (χ0v) is 29.2. The zero-order chi connectivity index (χ0) is 37.8. The number of hydrogen-bond acceptors (Lipinski definition) is 13. The fraction of sp³-hybridized carbons (Fsp3) is 0.231. The first kappa shape index (κ1) is 39.2. The lowest BCUT2D eigenvalue weighted by Gasteiger charge is -2.07. The lowest BCUT2D eigenvalue weighted by atomic mass is 10.2. The van der Waals surface area contributed by atoms with Gasteiger partial charge in [-0.1, -0.05) is 13.2 Å². The molecule has 53 heavy (non-hydrogen) atoms. The van der Waals surface area contributed by atoms with E-state index in [1.54, 1.807) is 60.7 Å². The van der Waals surface area contributed by atoms with E-state index in [0.717, 1.165) is 17.7 Å². The highest BCUT2D eigenvalue weighted by Gasteiger charge is 2.07. The summed E-state index contributed by atoms with van der Waals surface area (Å²) in [6.45, 7) is 9.74. The lowest BCUT2D eigenvalue weighted by Crippen LogP contribution is -2.04. The molecule has 0 spiro atoms. The average molecular weight is 723 g/mol. The van der Waals surface area contributed by atoms with Crippen LogP contribution in [0, 0.1) is 12.7 Å². The molecule has 4 aromatic carbocycles. The maximum atomic E-state index is 14.5.